The lowest BCUT2D eigenvalue weighted by Crippen LogP contribution is -2.33. The Labute approximate surface area is 136 Å². The van der Waals surface area contributed by atoms with Gasteiger partial charge in [0, 0.05) is 17.7 Å². The second-order valence-corrected chi connectivity index (χ2v) is 5.29. The number of hydrogen-bond donors (Lipinski definition) is 0. The fraction of sp³-hybridized carbons (Fsp3) is 0.150. The van der Waals surface area contributed by atoms with Gasteiger partial charge in [-0.05, 0) is 17.7 Å². The number of nitrogens with zero attached hydrogens (tertiary/aromatic N) is 1. The van der Waals surface area contributed by atoms with Crippen molar-refractivity contribution >= 4 is 0 Å². The Morgan fingerprint density at radius 2 is 1.35 bits per heavy atom. The standard InChI is InChI=1S/C20H20NO2/c1-3-7-18(8-4-1)15-21-13-11-19(12-14-21)16-22-17-23-20-9-5-2-6-10-20/h1-14H,15-17H2/q+1. The molecule has 0 saturated heterocycles. The molecule has 1 aromatic heterocycles. The van der Waals surface area contributed by atoms with E-state index in [4.69, 9.17) is 9.47 Å². The predicted octanol–water partition coefficient (Wildman–Crippen LogP) is 3.58. The van der Waals surface area contributed by atoms with Gasteiger partial charge in [-0.1, -0.05) is 48.5 Å². The molecule has 0 aliphatic rings. The normalized spacial score (nSPS) is 10.4. The first kappa shape index (κ1) is 15.3. The van der Waals surface area contributed by atoms with Crippen LogP contribution in [-0.2, 0) is 17.9 Å². The van der Waals surface area contributed by atoms with E-state index in [1.165, 1.54) is 5.56 Å². The van der Waals surface area contributed by atoms with E-state index < -0.39 is 0 Å². The fourth-order valence-electron chi connectivity index (χ4n) is 2.27. The van der Waals surface area contributed by atoms with Crippen molar-refractivity contribution in [2.24, 2.45) is 0 Å². The van der Waals surface area contributed by atoms with Gasteiger partial charge in [-0.15, -0.1) is 0 Å². The largest absolute Gasteiger partial charge is 0.468 e. The summed E-state index contributed by atoms with van der Waals surface area (Å²) in [5.41, 5.74) is 2.42. The molecule has 0 bridgehead atoms. The minimum atomic E-state index is 0.253. The van der Waals surface area contributed by atoms with Crippen LogP contribution in [0.1, 0.15) is 11.1 Å². The highest BCUT2D eigenvalue weighted by Crippen LogP contribution is 2.08. The highest BCUT2D eigenvalue weighted by Gasteiger charge is 2.03. The van der Waals surface area contributed by atoms with Crippen molar-refractivity contribution in [2.75, 3.05) is 6.79 Å². The molecule has 0 aliphatic heterocycles. The van der Waals surface area contributed by atoms with Gasteiger partial charge in [-0.2, -0.15) is 0 Å². The van der Waals surface area contributed by atoms with Gasteiger partial charge in [0.25, 0.3) is 0 Å². The van der Waals surface area contributed by atoms with E-state index in [0.717, 1.165) is 17.9 Å². The molecule has 3 rings (SSSR count). The quantitative estimate of drug-likeness (QED) is 0.378. The van der Waals surface area contributed by atoms with E-state index in [1.54, 1.807) is 0 Å². The molecule has 0 spiro atoms. The van der Waals surface area contributed by atoms with E-state index in [2.05, 4.69) is 53.4 Å². The zero-order valence-electron chi connectivity index (χ0n) is 13.0. The lowest BCUT2D eigenvalue weighted by molar-refractivity contribution is -0.688. The Morgan fingerprint density at radius 1 is 0.696 bits per heavy atom. The lowest BCUT2D eigenvalue weighted by atomic mass is 10.2. The highest BCUT2D eigenvalue weighted by molar-refractivity contribution is 5.20. The topological polar surface area (TPSA) is 22.3 Å². The summed E-state index contributed by atoms with van der Waals surface area (Å²) in [5.74, 6) is 0.821. The molecule has 1 heterocycles. The van der Waals surface area contributed by atoms with Crippen LogP contribution in [0.3, 0.4) is 0 Å². The SMILES string of the molecule is c1ccc(C[n+]2ccc(COCOc3ccccc3)cc2)cc1. The first-order chi connectivity index (χ1) is 11.4. The molecular weight excluding hydrogens is 286 g/mol. The Bertz CT molecular complexity index is 697. The maximum Gasteiger partial charge on any atom is 0.189 e. The van der Waals surface area contributed by atoms with Crippen LogP contribution >= 0.6 is 0 Å². The summed E-state index contributed by atoms with van der Waals surface area (Å²) in [5, 5.41) is 0. The highest BCUT2D eigenvalue weighted by atomic mass is 16.7. The number of pyridine rings is 1. The minimum Gasteiger partial charge on any atom is -0.468 e. The summed E-state index contributed by atoms with van der Waals surface area (Å²) in [6.45, 7) is 1.67. The van der Waals surface area contributed by atoms with Gasteiger partial charge >= 0.3 is 0 Å². The van der Waals surface area contributed by atoms with Crippen LogP contribution in [-0.4, -0.2) is 6.79 Å². The average Bonchev–Trinajstić information content (AvgIpc) is 2.62. The van der Waals surface area contributed by atoms with Gasteiger partial charge in [-0.3, -0.25) is 0 Å². The molecule has 0 radical (unpaired) electrons. The Morgan fingerprint density at radius 3 is 2.04 bits per heavy atom. The van der Waals surface area contributed by atoms with E-state index in [0.29, 0.717) is 6.61 Å². The van der Waals surface area contributed by atoms with Gasteiger partial charge in [0.15, 0.2) is 25.7 Å². The monoisotopic (exact) mass is 306 g/mol. The van der Waals surface area contributed by atoms with E-state index >= 15 is 0 Å². The molecule has 0 fully saturated rings. The first-order valence-corrected chi connectivity index (χ1v) is 7.68. The van der Waals surface area contributed by atoms with Crippen molar-refractivity contribution in [3.05, 3.63) is 96.3 Å². The summed E-state index contributed by atoms with van der Waals surface area (Å²) in [7, 11) is 0. The summed E-state index contributed by atoms with van der Waals surface area (Å²) >= 11 is 0. The number of hydrogen-bond acceptors (Lipinski definition) is 2. The van der Waals surface area contributed by atoms with Crippen molar-refractivity contribution in [1.82, 2.24) is 0 Å². The van der Waals surface area contributed by atoms with Crippen molar-refractivity contribution in [3.8, 4) is 5.75 Å². The first-order valence-electron chi connectivity index (χ1n) is 7.68. The molecule has 0 N–H and O–H groups in total. The number of ether oxygens (including phenoxy) is 2. The minimum absolute atomic E-state index is 0.253. The van der Waals surface area contributed by atoms with Crippen LogP contribution in [0, 0.1) is 0 Å². The Balaban J connectivity index is 1.44. The van der Waals surface area contributed by atoms with Crippen molar-refractivity contribution in [2.45, 2.75) is 13.2 Å². The van der Waals surface area contributed by atoms with Crippen LogP contribution in [0.25, 0.3) is 0 Å². The van der Waals surface area contributed by atoms with Crippen LogP contribution in [0.2, 0.25) is 0 Å². The van der Waals surface area contributed by atoms with Gasteiger partial charge in [0.1, 0.15) is 5.75 Å². The number of para-hydroxylation sites is 1. The molecule has 0 unspecified atom stereocenters. The zero-order valence-corrected chi connectivity index (χ0v) is 13.0. The molecule has 23 heavy (non-hydrogen) atoms. The third kappa shape index (κ3) is 4.94. The molecule has 2 aromatic carbocycles. The Hall–Kier alpha value is -2.65. The van der Waals surface area contributed by atoms with E-state index in [-0.39, 0.29) is 6.79 Å². The number of benzene rings is 2. The molecule has 0 atom stereocenters. The second-order valence-electron chi connectivity index (χ2n) is 5.29. The van der Waals surface area contributed by atoms with Gasteiger partial charge in [0.2, 0.25) is 0 Å². The summed E-state index contributed by atoms with van der Waals surface area (Å²) in [4.78, 5) is 0. The predicted molar refractivity (Wildman–Crippen MR) is 88.9 cm³/mol. The molecule has 0 saturated carbocycles. The average molecular weight is 306 g/mol. The van der Waals surface area contributed by atoms with Crippen LogP contribution < -0.4 is 9.30 Å². The van der Waals surface area contributed by atoms with Crippen molar-refractivity contribution in [3.63, 3.8) is 0 Å². The van der Waals surface area contributed by atoms with Crippen molar-refractivity contribution in [1.29, 1.82) is 0 Å². The smallest absolute Gasteiger partial charge is 0.189 e. The molecule has 3 nitrogen and oxygen atoms in total. The molecular formula is C20H20NO2+. The maximum atomic E-state index is 5.55. The lowest BCUT2D eigenvalue weighted by Gasteiger charge is -2.06. The third-order valence-electron chi connectivity index (χ3n) is 3.49. The summed E-state index contributed by atoms with van der Waals surface area (Å²) in [6, 6.07) is 24.2. The summed E-state index contributed by atoms with van der Waals surface area (Å²) in [6.07, 6.45) is 4.15. The summed E-state index contributed by atoms with van der Waals surface area (Å²) < 4.78 is 13.2. The maximum absolute atomic E-state index is 5.55. The Kier molecular flexibility index (Phi) is 5.38. The van der Waals surface area contributed by atoms with Gasteiger partial charge < -0.3 is 9.47 Å². The van der Waals surface area contributed by atoms with Gasteiger partial charge in [-0.25, -0.2) is 4.57 Å². The molecule has 116 valence electrons. The molecule has 3 aromatic rings. The van der Waals surface area contributed by atoms with Crippen LogP contribution in [0.5, 0.6) is 5.75 Å². The molecule has 0 amide bonds. The molecule has 3 heteroatoms. The molecule has 0 aliphatic carbocycles. The van der Waals surface area contributed by atoms with E-state index in [9.17, 15) is 0 Å². The van der Waals surface area contributed by atoms with Crippen LogP contribution in [0.4, 0.5) is 0 Å². The number of aromatic nitrogens is 1. The zero-order chi connectivity index (χ0) is 15.7. The second kappa shape index (κ2) is 8.11. The van der Waals surface area contributed by atoms with Crippen LogP contribution in [0.15, 0.2) is 85.2 Å². The fourth-order valence-corrected chi connectivity index (χ4v) is 2.27. The van der Waals surface area contributed by atoms with E-state index in [1.807, 2.05) is 36.4 Å². The third-order valence-corrected chi connectivity index (χ3v) is 3.49. The van der Waals surface area contributed by atoms with Crippen molar-refractivity contribution < 1.29 is 14.0 Å². The van der Waals surface area contributed by atoms with Gasteiger partial charge in [0.05, 0.1) is 6.61 Å². The number of rotatable bonds is 7.